The van der Waals surface area contributed by atoms with Crippen molar-refractivity contribution in [1.82, 2.24) is 4.57 Å². The van der Waals surface area contributed by atoms with Crippen LogP contribution in [0.15, 0.2) is 235 Å². The molecule has 2 aromatic heterocycles. The van der Waals surface area contributed by atoms with Gasteiger partial charge in [0.05, 0.1) is 27.8 Å². The van der Waals surface area contributed by atoms with E-state index in [1.807, 2.05) is 6.07 Å². The molecule has 0 radical (unpaired) electrons. The fourth-order valence-electron chi connectivity index (χ4n) is 11.0. The molecule has 0 bridgehead atoms. The van der Waals surface area contributed by atoms with Crippen molar-refractivity contribution in [3.05, 3.63) is 242 Å². The third-order valence-electron chi connectivity index (χ3n) is 14.0. The van der Waals surface area contributed by atoms with E-state index in [0.717, 1.165) is 55.8 Å². The van der Waals surface area contributed by atoms with Gasteiger partial charge in [0.15, 0.2) is 0 Å². The Kier molecular flexibility index (Phi) is 8.56. The molecule has 0 unspecified atom stereocenters. The maximum Gasteiger partial charge on any atom is 0.137 e. The zero-order chi connectivity index (χ0) is 43.9. The Bertz CT molecular complexity index is 3790. The summed E-state index contributed by atoms with van der Waals surface area (Å²) >= 11 is 0. The van der Waals surface area contributed by atoms with E-state index in [-0.39, 0.29) is 5.41 Å². The van der Waals surface area contributed by atoms with E-state index < -0.39 is 0 Å². The maximum atomic E-state index is 6.45. The fourth-order valence-corrected chi connectivity index (χ4v) is 11.0. The third kappa shape index (κ3) is 5.83. The molecule has 0 fully saturated rings. The van der Waals surface area contributed by atoms with Crippen molar-refractivity contribution < 1.29 is 4.42 Å². The third-order valence-corrected chi connectivity index (χ3v) is 14.0. The number of hydrogen-bond donors (Lipinski definition) is 0. The van der Waals surface area contributed by atoms with Gasteiger partial charge in [-0.15, -0.1) is 0 Å². The number of anilines is 3. The monoisotopic (exact) mass is 844 g/mol. The standard InChI is InChI=1S/C63H44N2O/c1-63(2)54-25-8-3-19-49(54)52-24-14-23-48(62(52)63)42-34-38-46(39-35-42)64(58-29-15-31-60-61(58)53-22-7-12-30-59(53)66-60)45-36-32-41(33-37-45)43-16-13-17-44(40-43)47-18-4-9-26-55(47)65-56-27-10-5-20-50(56)51-21-6-11-28-57(51)65/h3-40H,1-2H3. The van der Waals surface area contributed by atoms with Crippen LogP contribution in [-0.2, 0) is 5.41 Å². The zero-order valence-electron chi connectivity index (χ0n) is 36.7. The van der Waals surface area contributed by atoms with E-state index in [0.29, 0.717) is 0 Å². The van der Waals surface area contributed by atoms with Gasteiger partial charge in [0, 0.05) is 38.5 Å². The summed E-state index contributed by atoms with van der Waals surface area (Å²) in [4.78, 5) is 2.38. The Hall–Kier alpha value is -8.40. The van der Waals surface area contributed by atoms with E-state index in [9.17, 15) is 0 Å². The molecule has 12 aromatic rings. The molecule has 10 aromatic carbocycles. The average Bonchev–Trinajstić information content (AvgIpc) is 4.00. The molecule has 0 amide bonds. The van der Waals surface area contributed by atoms with Crippen molar-refractivity contribution in [2.24, 2.45) is 0 Å². The van der Waals surface area contributed by atoms with Crippen molar-refractivity contribution in [2.75, 3.05) is 4.90 Å². The van der Waals surface area contributed by atoms with E-state index in [4.69, 9.17) is 4.42 Å². The van der Waals surface area contributed by atoms with E-state index in [1.165, 1.54) is 66.3 Å². The number of aromatic nitrogens is 1. The number of benzene rings is 10. The predicted octanol–water partition coefficient (Wildman–Crippen LogP) is 17.5. The van der Waals surface area contributed by atoms with Gasteiger partial charge in [0.1, 0.15) is 11.2 Å². The van der Waals surface area contributed by atoms with Gasteiger partial charge in [0.2, 0.25) is 0 Å². The first-order valence-corrected chi connectivity index (χ1v) is 22.8. The molecule has 1 aliphatic carbocycles. The lowest BCUT2D eigenvalue weighted by Gasteiger charge is -2.27. The molecule has 0 saturated carbocycles. The van der Waals surface area contributed by atoms with Crippen LogP contribution in [0.1, 0.15) is 25.0 Å². The van der Waals surface area contributed by atoms with Crippen LogP contribution in [0.5, 0.6) is 0 Å². The van der Waals surface area contributed by atoms with Crippen LogP contribution in [0.4, 0.5) is 17.1 Å². The largest absolute Gasteiger partial charge is 0.456 e. The van der Waals surface area contributed by atoms with Crippen LogP contribution in [0.25, 0.3) is 93.9 Å². The zero-order valence-corrected chi connectivity index (χ0v) is 36.7. The number of hydrogen-bond acceptors (Lipinski definition) is 2. The van der Waals surface area contributed by atoms with Gasteiger partial charge in [-0.2, -0.15) is 0 Å². The minimum atomic E-state index is -0.109. The topological polar surface area (TPSA) is 21.3 Å². The van der Waals surface area contributed by atoms with E-state index in [2.05, 4.69) is 248 Å². The maximum absolute atomic E-state index is 6.45. The number of rotatable bonds is 7. The fraction of sp³-hybridized carbons (Fsp3) is 0.0476. The predicted molar refractivity (Wildman–Crippen MR) is 277 cm³/mol. The van der Waals surface area contributed by atoms with Gasteiger partial charge >= 0.3 is 0 Å². The van der Waals surface area contributed by atoms with Crippen LogP contribution >= 0.6 is 0 Å². The van der Waals surface area contributed by atoms with Crippen molar-refractivity contribution in [3.63, 3.8) is 0 Å². The van der Waals surface area contributed by atoms with Crippen LogP contribution in [-0.4, -0.2) is 4.57 Å². The van der Waals surface area contributed by atoms with Gasteiger partial charge in [-0.25, -0.2) is 0 Å². The van der Waals surface area contributed by atoms with Crippen molar-refractivity contribution in [3.8, 4) is 50.2 Å². The molecule has 13 rings (SSSR count). The molecule has 2 heterocycles. The quantitative estimate of drug-likeness (QED) is 0.159. The van der Waals surface area contributed by atoms with Crippen LogP contribution in [0.2, 0.25) is 0 Å². The molecule has 0 spiro atoms. The van der Waals surface area contributed by atoms with Crippen LogP contribution < -0.4 is 4.90 Å². The summed E-state index contributed by atoms with van der Waals surface area (Å²) < 4.78 is 8.87. The second-order valence-electron chi connectivity index (χ2n) is 18.0. The Morgan fingerprint density at radius 3 is 1.70 bits per heavy atom. The van der Waals surface area contributed by atoms with Gasteiger partial charge in [-0.1, -0.05) is 178 Å². The summed E-state index contributed by atoms with van der Waals surface area (Å²) in [5, 5.41) is 4.71. The first-order chi connectivity index (χ1) is 32.5. The lowest BCUT2D eigenvalue weighted by Crippen LogP contribution is -2.16. The highest BCUT2D eigenvalue weighted by Crippen LogP contribution is 2.52. The lowest BCUT2D eigenvalue weighted by atomic mass is 9.79. The summed E-state index contributed by atoms with van der Waals surface area (Å²) in [5.41, 5.74) is 21.0. The Labute approximate surface area is 384 Å². The Balaban J connectivity index is 0.907. The average molecular weight is 845 g/mol. The lowest BCUT2D eigenvalue weighted by molar-refractivity contribution is 0.662. The Morgan fingerprint density at radius 2 is 0.939 bits per heavy atom. The SMILES string of the molecule is CC1(C)c2ccccc2-c2cccc(-c3ccc(N(c4ccc(-c5cccc(-c6ccccc6-n6c7ccccc7c7ccccc76)c5)cc4)c4cccc5oc6ccccc6c45)cc3)c21. The van der Waals surface area contributed by atoms with Crippen LogP contribution in [0.3, 0.4) is 0 Å². The molecular weight excluding hydrogens is 801 g/mol. The molecule has 312 valence electrons. The molecule has 1 aliphatic rings. The van der Waals surface area contributed by atoms with Gasteiger partial charge in [-0.3, -0.25) is 0 Å². The van der Waals surface area contributed by atoms with Crippen molar-refractivity contribution in [2.45, 2.75) is 19.3 Å². The van der Waals surface area contributed by atoms with Gasteiger partial charge < -0.3 is 13.9 Å². The number of furan rings is 1. The first-order valence-electron chi connectivity index (χ1n) is 22.8. The smallest absolute Gasteiger partial charge is 0.137 e. The molecule has 0 N–H and O–H groups in total. The normalized spacial score (nSPS) is 12.8. The van der Waals surface area contributed by atoms with Crippen molar-refractivity contribution in [1.29, 1.82) is 0 Å². The second kappa shape index (κ2) is 14.8. The highest BCUT2D eigenvalue weighted by Gasteiger charge is 2.37. The molecule has 0 atom stereocenters. The van der Waals surface area contributed by atoms with E-state index >= 15 is 0 Å². The number of para-hydroxylation sites is 4. The van der Waals surface area contributed by atoms with Gasteiger partial charge in [-0.05, 0) is 117 Å². The summed E-state index contributed by atoms with van der Waals surface area (Å²) in [6, 6.07) is 83.7. The summed E-state index contributed by atoms with van der Waals surface area (Å²) in [6.07, 6.45) is 0. The van der Waals surface area contributed by atoms with Crippen LogP contribution in [0, 0.1) is 0 Å². The first kappa shape index (κ1) is 38.1. The molecular formula is C63H44N2O. The molecule has 3 nitrogen and oxygen atoms in total. The highest BCUT2D eigenvalue weighted by molar-refractivity contribution is 6.13. The minimum absolute atomic E-state index is 0.109. The highest BCUT2D eigenvalue weighted by atomic mass is 16.3. The second-order valence-corrected chi connectivity index (χ2v) is 18.0. The van der Waals surface area contributed by atoms with E-state index in [1.54, 1.807) is 0 Å². The summed E-state index contributed by atoms with van der Waals surface area (Å²) in [6.45, 7) is 4.72. The Morgan fingerprint density at radius 1 is 0.394 bits per heavy atom. The molecule has 0 aliphatic heterocycles. The number of nitrogens with zero attached hydrogens (tertiary/aromatic N) is 2. The summed E-state index contributed by atoms with van der Waals surface area (Å²) in [5.74, 6) is 0. The number of fused-ring (bicyclic) bond motifs is 9. The minimum Gasteiger partial charge on any atom is -0.456 e. The summed E-state index contributed by atoms with van der Waals surface area (Å²) in [7, 11) is 0. The molecule has 66 heavy (non-hydrogen) atoms. The van der Waals surface area contributed by atoms with Gasteiger partial charge in [0.25, 0.3) is 0 Å². The molecule has 0 saturated heterocycles. The molecule has 3 heteroatoms. The van der Waals surface area contributed by atoms with Crippen molar-refractivity contribution >= 4 is 60.8 Å².